The van der Waals surface area contributed by atoms with Crippen LogP contribution in [0.1, 0.15) is 19.8 Å². The Kier molecular flexibility index (Phi) is 2.05. The zero-order chi connectivity index (χ0) is 8.65. The molecule has 1 rings (SSSR count). The molecule has 3 nitrogen and oxygen atoms in total. The van der Waals surface area contributed by atoms with Gasteiger partial charge in [-0.3, -0.25) is 4.79 Å². The van der Waals surface area contributed by atoms with Crippen LogP contribution < -0.4 is 0 Å². The SMILES string of the molecule is CC(C(=O)C1CC1)S(C)(=O)=O. The monoisotopic (exact) mass is 176 g/mol. The molecule has 1 aliphatic rings. The second-order valence-corrected chi connectivity index (χ2v) is 5.51. The van der Waals surface area contributed by atoms with Gasteiger partial charge in [0.1, 0.15) is 5.25 Å². The van der Waals surface area contributed by atoms with Crippen molar-refractivity contribution in [2.24, 2.45) is 5.92 Å². The molecule has 0 bridgehead atoms. The highest BCUT2D eigenvalue weighted by Crippen LogP contribution is 2.31. The molecule has 0 heterocycles. The van der Waals surface area contributed by atoms with E-state index in [1.165, 1.54) is 6.92 Å². The first kappa shape index (κ1) is 8.71. The molecule has 1 fully saturated rings. The summed E-state index contributed by atoms with van der Waals surface area (Å²) in [5.74, 6) is -0.0628. The maximum Gasteiger partial charge on any atom is 0.157 e. The third-order valence-electron chi connectivity index (χ3n) is 2.02. The number of Topliss-reactive ketones (excluding diaryl/α,β-unsaturated/α-hetero) is 1. The number of ketones is 1. The Labute approximate surface area is 66.7 Å². The third kappa shape index (κ3) is 2.02. The zero-order valence-corrected chi connectivity index (χ0v) is 7.52. The Morgan fingerprint density at radius 1 is 1.45 bits per heavy atom. The second-order valence-electron chi connectivity index (χ2n) is 3.15. The Bertz CT molecular complexity index is 261. The van der Waals surface area contributed by atoms with Gasteiger partial charge in [0.25, 0.3) is 0 Å². The van der Waals surface area contributed by atoms with Crippen molar-refractivity contribution in [1.82, 2.24) is 0 Å². The van der Waals surface area contributed by atoms with E-state index in [4.69, 9.17) is 0 Å². The molecule has 0 aromatic carbocycles. The largest absolute Gasteiger partial charge is 0.298 e. The van der Waals surface area contributed by atoms with E-state index in [1.807, 2.05) is 0 Å². The fourth-order valence-corrected chi connectivity index (χ4v) is 1.53. The fourth-order valence-electron chi connectivity index (χ4n) is 0.911. The van der Waals surface area contributed by atoms with Gasteiger partial charge in [-0.05, 0) is 19.8 Å². The average Bonchev–Trinajstić information content (AvgIpc) is 2.63. The first-order valence-corrected chi connectivity index (χ1v) is 5.61. The van der Waals surface area contributed by atoms with Crippen LogP contribution in [0, 0.1) is 5.92 Å². The Morgan fingerprint density at radius 2 is 1.91 bits per heavy atom. The molecule has 0 N–H and O–H groups in total. The molecular formula is C7H12O3S. The molecule has 4 heteroatoms. The van der Waals surface area contributed by atoms with E-state index in [1.54, 1.807) is 0 Å². The summed E-state index contributed by atoms with van der Waals surface area (Å²) < 4.78 is 21.8. The first-order chi connectivity index (χ1) is 4.93. The van der Waals surface area contributed by atoms with E-state index in [0.29, 0.717) is 0 Å². The van der Waals surface area contributed by atoms with E-state index in [2.05, 4.69) is 0 Å². The lowest BCUT2D eigenvalue weighted by molar-refractivity contribution is -0.119. The minimum absolute atomic E-state index is 0.0414. The van der Waals surface area contributed by atoms with Gasteiger partial charge >= 0.3 is 0 Å². The van der Waals surface area contributed by atoms with Gasteiger partial charge in [0.15, 0.2) is 15.6 Å². The lowest BCUT2D eigenvalue weighted by Gasteiger charge is -2.05. The van der Waals surface area contributed by atoms with Crippen LogP contribution >= 0.6 is 0 Å². The van der Waals surface area contributed by atoms with Crippen molar-refractivity contribution in [3.05, 3.63) is 0 Å². The molecule has 0 aromatic rings. The Hall–Kier alpha value is -0.380. The summed E-state index contributed by atoms with van der Waals surface area (Å²) in [5.41, 5.74) is 0. The predicted octanol–water partition coefficient (Wildman–Crippen LogP) is 0.399. The maximum absolute atomic E-state index is 11.2. The third-order valence-corrected chi connectivity index (χ3v) is 3.54. The van der Waals surface area contributed by atoms with Gasteiger partial charge in [-0.2, -0.15) is 0 Å². The van der Waals surface area contributed by atoms with Crippen molar-refractivity contribution in [1.29, 1.82) is 0 Å². The molecule has 0 radical (unpaired) electrons. The molecular weight excluding hydrogens is 164 g/mol. The lowest BCUT2D eigenvalue weighted by atomic mass is 10.2. The lowest BCUT2D eigenvalue weighted by Crippen LogP contribution is -2.27. The van der Waals surface area contributed by atoms with Crippen LogP contribution in [-0.4, -0.2) is 25.7 Å². The highest BCUT2D eigenvalue weighted by molar-refractivity contribution is 7.92. The highest BCUT2D eigenvalue weighted by Gasteiger charge is 2.36. The number of sulfone groups is 1. The summed E-state index contributed by atoms with van der Waals surface area (Å²) >= 11 is 0. The summed E-state index contributed by atoms with van der Waals surface area (Å²) in [6.45, 7) is 1.47. The van der Waals surface area contributed by atoms with Crippen LogP contribution in [0.5, 0.6) is 0 Å². The number of hydrogen-bond donors (Lipinski definition) is 0. The van der Waals surface area contributed by atoms with Crippen molar-refractivity contribution >= 4 is 15.6 Å². The van der Waals surface area contributed by atoms with Crippen molar-refractivity contribution in [2.75, 3.05) is 6.26 Å². The van der Waals surface area contributed by atoms with E-state index >= 15 is 0 Å². The first-order valence-electron chi connectivity index (χ1n) is 3.65. The van der Waals surface area contributed by atoms with E-state index in [9.17, 15) is 13.2 Å². The van der Waals surface area contributed by atoms with E-state index in [0.717, 1.165) is 19.1 Å². The van der Waals surface area contributed by atoms with Gasteiger partial charge in [0.2, 0.25) is 0 Å². The van der Waals surface area contributed by atoms with Gasteiger partial charge in [-0.25, -0.2) is 8.42 Å². The van der Waals surface area contributed by atoms with E-state index in [-0.39, 0.29) is 11.7 Å². The van der Waals surface area contributed by atoms with Crippen LogP contribution in [0.2, 0.25) is 0 Å². The molecule has 1 aliphatic carbocycles. The smallest absolute Gasteiger partial charge is 0.157 e. The number of hydrogen-bond acceptors (Lipinski definition) is 3. The summed E-state index contributed by atoms with van der Waals surface area (Å²) in [4.78, 5) is 11.2. The number of carbonyl (C=O) groups is 1. The van der Waals surface area contributed by atoms with Crippen LogP contribution in [0.25, 0.3) is 0 Å². The van der Waals surface area contributed by atoms with Crippen molar-refractivity contribution in [2.45, 2.75) is 25.0 Å². The molecule has 1 saturated carbocycles. The molecule has 0 saturated heterocycles. The van der Waals surface area contributed by atoms with E-state index < -0.39 is 15.1 Å². The van der Waals surface area contributed by atoms with Gasteiger partial charge < -0.3 is 0 Å². The predicted molar refractivity (Wildman–Crippen MR) is 42.0 cm³/mol. The molecule has 0 amide bonds. The summed E-state index contributed by atoms with van der Waals surface area (Å²) in [5, 5.41) is -0.796. The molecule has 0 aromatic heterocycles. The van der Waals surface area contributed by atoms with Crippen molar-refractivity contribution < 1.29 is 13.2 Å². The van der Waals surface area contributed by atoms with Crippen molar-refractivity contribution in [3.63, 3.8) is 0 Å². The standard InChI is InChI=1S/C7H12O3S/c1-5(11(2,9)10)7(8)6-3-4-6/h5-6H,3-4H2,1-2H3. The number of carbonyl (C=O) groups excluding carboxylic acids is 1. The van der Waals surface area contributed by atoms with Crippen LogP contribution in [0.4, 0.5) is 0 Å². The molecule has 64 valence electrons. The molecule has 1 unspecified atom stereocenters. The zero-order valence-electron chi connectivity index (χ0n) is 6.70. The minimum atomic E-state index is -3.16. The Morgan fingerprint density at radius 3 is 2.18 bits per heavy atom. The van der Waals surface area contributed by atoms with Crippen LogP contribution in [0.15, 0.2) is 0 Å². The van der Waals surface area contributed by atoms with Gasteiger partial charge in [0, 0.05) is 12.2 Å². The highest BCUT2D eigenvalue weighted by atomic mass is 32.2. The summed E-state index contributed by atoms with van der Waals surface area (Å²) in [6, 6.07) is 0. The quantitative estimate of drug-likeness (QED) is 0.625. The normalized spacial score (nSPS) is 21.3. The molecule has 0 spiro atoms. The van der Waals surface area contributed by atoms with Crippen LogP contribution in [0.3, 0.4) is 0 Å². The fraction of sp³-hybridized carbons (Fsp3) is 0.857. The van der Waals surface area contributed by atoms with Gasteiger partial charge in [-0.1, -0.05) is 0 Å². The summed E-state index contributed by atoms with van der Waals surface area (Å²) in [6.07, 6.45) is 2.86. The van der Waals surface area contributed by atoms with Crippen LogP contribution in [-0.2, 0) is 14.6 Å². The minimum Gasteiger partial charge on any atom is -0.298 e. The topological polar surface area (TPSA) is 51.2 Å². The van der Waals surface area contributed by atoms with Crippen molar-refractivity contribution in [3.8, 4) is 0 Å². The average molecular weight is 176 g/mol. The van der Waals surface area contributed by atoms with Gasteiger partial charge in [-0.15, -0.1) is 0 Å². The number of rotatable bonds is 3. The molecule has 1 atom stereocenters. The molecule has 11 heavy (non-hydrogen) atoms. The molecule has 0 aliphatic heterocycles. The second kappa shape index (κ2) is 2.59. The maximum atomic E-state index is 11.2. The summed E-state index contributed by atoms with van der Waals surface area (Å²) in [7, 11) is -3.16. The van der Waals surface area contributed by atoms with Gasteiger partial charge in [0.05, 0.1) is 0 Å². The Balaban J connectivity index is 2.67.